The van der Waals surface area contributed by atoms with Gasteiger partial charge in [0.1, 0.15) is 24.7 Å². The molecule has 6 rings (SSSR count). The van der Waals surface area contributed by atoms with Gasteiger partial charge in [0.15, 0.2) is 5.66 Å². The topological polar surface area (TPSA) is 117 Å². The molecule has 2 aromatic rings. The van der Waals surface area contributed by atoms with Gasteiger partial charge in [0.2, 0.25) is 5.91 Å². The van der Waals surface area contributed by atoms with E-state index in [1.807, 2.05) is 48.5 Å². The summed E-state index contributed by atoms with van der Waals surface area (Å²) in [5, 5.41) is 3.66. The molecular weight excluding hydrogens is 528 g/mol. The number of likely N-dealkylation sites (N-methyl/N-ethyl adjacent to an activating group) is 1. The van der Waals surface area contributed by atoms with Gasteiger partial charge in [0.25, 0.3) is 5.91 Å². The fourth-order valence-electron chi connectivity index (χ4n) is 8.26. The molecule has 1 spiro atoms. The van der Waals surface area contributed by atoms with Gasteiger partial charge in [-0.2, -0.15) is 0 Å². The quantitative estimate of drug-likeness (QED) is 0.322. The minimum atomic E-state index is -0.433. The molecule has 10 heteroatoms. The number of fused-ring (bicyclic) bond motifs is 5. The van der Waals surface area contributed by atoms with E-state index in [9.17, 15) is 9.59 Å². The summed E-state index contributed by atoms with van der Waals surface area (Å²) in [6.07, 6.45) is 5.54. The maximum Gasteiger partial charge on any atom is 0.287 e. The van der Waals surface area contributed by atoms with Crippen molar-refractivity contribution in [3.05, 3.63) is 48.5 Å². The van der Waals surface area contributed by atoms with E-state index in [0.29, 0.717) is 21.2 Å². The third-order valence-corrected chi connectivity index (χ3v) is 10.8. The Morgan fingerprint density at radius 2 is 1.33 bits per heavy atom. The second-order valence-electron chi connectivity index (χ2n) is 14.0. The average Bonchev–Trinajstić information content (AvgIpc) is 3.56. The summed E-state index contributed by atoms with van der Waals surface area (Å²) >= 11 is 0. The van der Waals surface area contributed by atoms with Crippen molar-refractivity contribution in [3.63, 3.8) is 0 Å². The third-order valence-electron chi connectivity index (χ3n) is 10.8. The molecule has 4 bridgehead atoms. The molecule has 4 aliphatic heterocycles. The van der Waals surface area contributed by atoms with Crippen molar-refractivity contribution in [2.45, 2.75) is 62.3 Å². The second kappa shape index (κ2) is 10.3. The van der Waals surface area contributed by atoms with Crippen LogP contribution in [-0.4, -0.2) is 92.5 Å². The number of hydrogen-bond acceptors (Lipinski definition) is 6. The molecule has 4 fully saturated rings. The van der Waals surface area contributed by atoms with Crippen molar-refractivity contribution >= 4 is 34.6 Å². The Bertz CT molecular complexity index is 1330. The monoisotopic (exact) mass is 576 g/mol. The lowest BCUT2D eigenvalue weighted by Crippen LogP contribution is -2.77. The normalized spacial score (nSPS) is 32.5. The number of quaternary nitrogens is 2. The molecule has 226 valence electrons. The van der Waals surface area contributed by atoms with E-state index in [2.05, 4.69) is 48.7 Å². The SMILES string of the molecule is C[N+]1(C)CCCCCC2(NC(=O)C3CC2CN3c2ccc(N)cc2)[N+](C)(C)C2CC(C(=O)N1)N(c1ccc(N)cc1)C2. The van der Waals surface area contributed by atoms with Gasteiger partial charge in [-0.15, -0.1) is 0 Å². The van der Waals surface area contributed by atoms with Crippen molar-refractivity contribution < 1.29 is 18.7 Å². The van der Waals surface area contributed by atoms with Crippen LogP contribution in [0.5, 0.6) is 0 Å². The zero-order chi connectivity index (χ0) is 29.9. The molecule has 6 N–H and O–H groups in total. The molecule has 2 aromatic carbocycles. The zero-order valence-electron chi connectivity index (χ0n) is 25.6. The highest BCUT2D eigenvalue weighted by molar-refractivity contribution is 5.88. The molecule has 0 aromatic heterocycles. The summed E-state index contributed by atoms with van der Waals surface area (Å²) in [5.74, 6) is 0.440. The lowest BCUT2D eigenvalue weighted by atomic mass is 9.78. The number of anilines is 4. The number of nitrogens with two attached hydrogens (primary N) is 2. The summed E-state index contributed by atoms with van der Waals surface area (Å²) in [6.45, 7) is 2.40. The first-order valence-corrected chi connectivity index (χ1v) is 15.5. The number of nitrogens with one attached hydrogen (secondary N) is 2. The number of carbonyl (C=O) groups is 2. The second-order valence-corrected chi connectivity index (χ2v) is 14.0. The number of rotatable bonds is 2. The van der Waals surface area contributed by atoms with Crippen LogP contribution in [0.25, 0.3) is 0 Å². The third kappa shape index (κ3) is 4.84. The summed E-state index contributed by atoms with van der Waals surface area (Å²) in [4.78, 5) is 32.4. The van der Waals surface area contributed by atoms with E-state index in [4.69, 9.17) is 11.5 Å². The van der Waals surface area contributed by atoms with Crippen LogP contribution in [0.1, 0.15) is 38.5 Å². The highest BCUT2D eigenvalue weighted by Crippen LogP contribution is 2.48. The number of hydrogen-bond donors (Lipinski definition) is 4. The Balaban J connectivity index is 1.38. The minimum Gasteiger partial charge on any atom is -0.399 e. The van der Waals surface area contributed by atoms with Crippen LogP contribution in [0.2, 0.25) is 0 Å². The molecule has 2 amide bonds. The van der Waals surface area contributed by atoms with Crippen molar-refractivity contribution in [2.24, 2.45) is 5.92 Å². The van der Waals surface area contributed by atoms with Gasteiger partial charge in [-0.05, 0) is 74.2 Å². The predicted molar refractivity (Wildman–Crippen MR) is 167 cm³/mol. The fraction of sp³-hybridized carbons (Fsp3) is 0.562. The summed E-state index contributed by atoms with van der Waals surface area (Å²) in [7, 11) is 8.73. The Kier molecular flexibility index (Phi) is 7.05. The molecule has 0 aliphatic carbocycles. The highest BCUT2D eigenvalue weighted by Gasteiger charge is 2.64. The van der Waals surface area contributed by atoms with E-state index in [-0.39, 0.29) is 35.9 Å². The number of amides is 2. The first-order valence-electron chi connectivity index (χ1n) is 15.5. The van der Waals surface area contributed by atoms with Crippen LogP contribution >= 0.6 is 0 Å². The van der Waals surface area contributed by atoms with Gasteiger partial charge in [0, 0.05) is 42.1 Å². The Labute approximate surface area is 249 Å². The molecule has 5 atom stereocenters. The van der Waals surface area contributed by atoms with Crippen molar-refractivity contribution in [3.8, 4) is 0 Å². The van der Waals surface area contributed by atoms with Crippen LogP contribution in [0.15, 0.2) is 48.5 Å². The van der Waals surface area contributed by atoms with E-state index >= 15 is 0 Å². The summed E-state index contributed by atoms with van der Waals surface area (Å²) in [6, 6.07) is 15.4. The smallest absolute Gasteiger partial charge is 0.287 e. The lowest BCUT2D eigenvalue weighted by molar-refractivity contribution is -0.970. The largest absolute Gasteiger partial charge is 0.399 e. The number of benzene rings is 2. The van der Waals surface area contributed by atoms with Gasteiger partial charge < -0.3 is 31.1 Å². The summed E-state index contributed by atoms with van der Waals surface area (Å²) < 4.78 is 1.09. The lowest BCUT2D eigenvalue weighted by Gasteiger charge is -2.56. The van der Waals surface area contributed by atoms with Crippen molar-refractivity contribution in [1.29, 1.82) is 0 Å². The molecule has 4 aliphatic rings. The zero-order valence-corrected chi connectivity index (χ0v) is 25.6. The van der Waals surface area contributed by atoms with Gasteiger partial charge in [-0.1, -0.05) is 0 Å². The highest BCUT2D eigenvalue weighted by atomic mass is 16.2. The fourth-order valence-corrected chi connectivity index (χ4v) is 8.26. The molecule has 10 nitrogen and oxygen atoms in total. The van der Waals surface area contributed by atoms with Gasteiger partial charge >= 0.3 is 0 Å². The Morgan fingerprint density at radius 3 is 1.95 bits per heavy atom. The first kappa shape index (κ1) is 28.6. The minimum absolute atomic E-state index is 0.0516. The first-order chi connectivity index (χ1) is 19.9. The van der Waals surface area contributed by atoms with Gasteiger partial charge in [-0.25, -0.2) is 10.0 Å². The van der Waals surface area contributed by atoms with E-state index < -0.39 is 5.66 Å². The van der Waals surface area contributed by atoms with Gasteiger partial charge in [-0.3, -0.25) is 9.59 Å². The number of carbonyl (C=O) groups excluding carboxylic acids is 2. The molecule has 4 saturated heterocycles. The Morgan fingerprint density at radius 1 is 0.762 bits per heavy atom. The number of piperidine rings is 1. The standard InChI is InChI=1S/C32H46N8O2/c1-39(2)17-7-5-6-16-32(22-18-28(30(41)35-32)37(20-22)25-12-8-23(33)9-13-25)40(3,4)27-19-29(31(42)36-39)38(21-27)26-14-10-24(34)11-15-26/h8-15,22,27-29H,5-7,16-21,33-34H2,1-4H3/p+2. The van der Waals surface area contributed by atoms with Crippen LogP contribution < -0.4 is 32.0 Å². The van der Waals surface area contributed by atoms with Crippen molar-refractivity contribution in [2.75, 3.05) is 69.1 Å². The van der Waals surface area contributed by atoms with E-state index in [1.54, 1.807) is 0 Å². The Hall–Kier alpha value is -3.50. The maximum absolute atomic E-state index is 14.0. The average molecular weight is 577 g/mol. The molecule has 0 saturated carbocycles. The van der Waals surface area contributed by atoms with Crippen molar-refractivity contribution in [1.82, 2.24) is 10.7 Å². The van der Waals surface area contributed by atoms with Crippen LogP contribution in [0.3, 0.4) is 0 Å². The maximum atomic E-state index is 14.0. The van der Waals surface area contributed by atoms with Crippen LogP contribution in [-0.2, 0) is 9.59 Å². The molecule has 5 unspecified atom stereocenters. The van der Waals surface area contributed by atoms with E-state index in [0.717, 1.165) is 68.8 Å². The van der Waals surface area contributed by atoms with Crippen LogP contribution in [0, 0.1) is 5.92 Å². The summed E-state index contributed by atoms with van der Waals surface area (Å²) in [5.41, 5.74) is 18.4. The molecule has 0 radical (unpaired) electrons. The molecule has 42 heavy (non-hydrogen) atoms. The van der Waals surface area contributed by atoms with Gasteiger partial charge in [0.05, 0.1) is 40.7 Å². The van der Waals surface area contributed by atoms with E-state index in [1.165, 1.54) is 0 Å². The number of nitrogen functional groups attached to an aromatic ring is 2. The molecule has 4 heterocycles. The predicted octanol–water partition coefficient (Wildman–Crippen LogP) is 2.28. The van der Waals surface area contributed by atoms with Crippen LogP contribution in [0.4, 0.5) is 22.7 Å². The number of nitrogens with zero attached hydrogens (tertiary/aromatic N) is 4. The molecular formula is C32H48N8O2+2.